The predicted molar refractivity (Wildman–Crippen MR) is 232 cm³/mol. The lowest BCUT2D eigenvalue weighted by molar-refractivity contribution is 0.590. The second-order valence-corrected chi connectivity index (χ2v) is 17.7. The number of para-hydroxylation sites is 2. The minimum absolute atomic E-state index is 0.0308. The molecule has 2 aliphatic heterocycles. The average molecular weight is 711 g/mol. The molecule has 264 valence electrons. The summed E-state index contributed by atoms with van der Waals surface area (Å²) in [6.45, 7) is 13.7. The van der Waals surface area contributed by atoms with Gasteiger partial charge in [0, 0.05) is 49.6 Å². The molecular formula is C50H39BN2O2. The van der Waals surface area contributed by atoms with E-state index in [1.165, 1.54) is 61.1 Å². The van der Waals surface area contributed by atoms with Crippen LogP contribution in [0.15, 0.2) is 136 Å². The lowest BCUT2D eigenvalue weighted by Gasteiger charge is -2.42. The quantitative estimate of drug-likeness (QED) is 0.159. The van der Waals surface area contributed by atoms with Gasteiger partial charge in [-0.05, 0) is 93.0 Å². The van der Waals surface area contributed by atoms with E-state index in [2.05, 4.69) is 178 Å². The highest BCUT2D eigenvalue weighted by Gasteiger charge is 2.45. The van der Waals surface area contributed by atoms with E-state index in [0.717, 1.165) is 54.8 Å². The van der Waals surface area contributed by atoms with Crippen molar-refractivity contribution in [1.29, 1.82) is 0 Å². The van der Waals surface area contributed by atoms with Crippen LogP contribution < -0.4 is 15.7 Å². The summed E-state index contributed by atoms with van der Waals surface area (Å²) in [5.41, 5.74) is 17.4. The Morgan fingerprint density at radius 2 is 1.18 bits per heavy atom. The van der Waals surface area contributed by atoms with E-state index in [1.807, 2.05) is 0 Å². The van der Waals surface area contributed by atoms with Crippen molar-refractivity contribution < 1.29 is 8.83 Å². The molecule has 0 radical (unpaired) electrons. The van der Waals surface area contributed by atoms with E-state index in [0.29, 0.717) is 0 Å². The lowest BCUT2D eigenvalue weighted by Crippen LogP contribution is -2.60. The molecule has 0 fully saturated rings. The first-order valence-corrected chi connectivity index (χ1v) is 19.5. The van der Waals surface area contributed by atoms with Crippen LogP contribution in [0.4, 0.5) is 11.4 Å². The van der Waals surface area contributed by atoms with Gasteiger partial charge in [-0.25, -0.2) is 0 Å². The van der Waals surface area contributed by atoms with Gasteiger partial charge < -0.3 is 18.2 Å². The van der Waals surface area contributed by atoms with Crippen molar-refractivity contribution in [3.63, 3.8) is 0 Å². The van der Waals surface area contributed by atoms with Gasteiger partial charge in [0.05, 0.1) is 16.4 Å². The molecule has 10 aromatic rings. The highest BCUT2D eigenvalue weighted by molar-refractivity contribution is 6.93. The first-order chi connectivity index (χ1) is 26.5. The van der Waals surface area contributed by atoms with Gasteiger partial charge in [-0.3, -0.25) is 0 Å². The van der Waals surface area contributed by atoms with Crippen molar-refractivity contribution in [3.05, 3.63) is 139 Å². The van der Waals surface area contributed by atoms with Gasteiger partial charge >= 0.3 is 6.85 Å². The van der Waals surface area contributed by atoms with Crippen LogP contribution in [0, 0.1) is 0 Å². The number of furan rings is 2. The van der Waals surface area contributed by atoms with Crippen LogP contribution in [0.5, 0.6) is 0 Å². The molecule has 0 saturated carbocycles. The molecule has 2 aliphatic rings. The molecule has 0 aliphatic carbocycles. The average Bonchev–Trinajstić information content (AvgIpc) is 3.85. The zero-order valence-corrected chi connectivity index (χ0v) is 31.9. The Morgan fingerprint density at radius 1 is 0.509 bits per heavy atom. The third-order valence-corrected chi connectivity index (χ3v) is 12.5. The van der Waals surface area contributed by atoms with Crippen LogP contribution in [-0.4, -0.2) is 11.4 Å². The number of fused-ring (bicyclic) bond motifs is 15. The number of hydrogen-bond acceptors (Lipinski definition) is 3. The molecular weight excluding hydrogens is 671 g/mol. The van der Waals surface area contributed by atoms with E-state index in [-0.39, 0.29) is 17.7 Å². The monoisotopic (exact) mass is 710 g/mol. The summed E-state index contributed by atoms with van der Waals surface area (Å²) in [4.78, 5) is 2.62. The van der Waals surface area contributed by atoms with Crippen LogP contribution in [0.25, 0.3) is 82.5 Å². The Kier molecular flexibility index (Phi) is 5.84. The lowest BCUT2D eigenvalue weighted by atomic mass is 9.43. The molecule has 0 bridgehead atoms. The van der Waals surface area contributed by atoms with Crippen molar-refractivity contribution in [2.45, 2.75) is 52.4 Å². The maximum absolute atomic E-state index is 6.77. The van der Waals surface area contributed by atoms with Gasteiger partial charge in [0.1, 0.15) is 22.3 Å². The number of aromatic nitrogens is 1. The number of nitrogens with zero attached hydrogens (tertiary/aromatic N) is 2. The molecule has 5 heterocycles. The second-order valence-electron chi connectivity index (χ2n) is 17.7. The molecule has 55 heavy (non-hydrogen) atoms. The van der Waals surface area contributed by atoms with Crippen molar-refractivity contribution in [2.75, 3.05) is 4.81 Å². The van der Waals surface area contributed by atoms with Crippen LogP contribution in [0.3, 0.4) is 0 Å². The van der Waals surface area contributed by atoms with Crippen molar-refractivity contribution in [3.8, 4) is 16.8 Å². The highest BCUT2D eigenvalue weighted by atomic mass is 16.3. The molecule has 0 amide bonds. The maximum atomic E-state index is 6.77. The predicted octanol–water partition coefficient (Wildman–Crippen LogP) is 12.4. The molecule has 3 aromatic heterocycles. The summed E-state index contributed by atoms with van der Waals surface area (Å²) in [5, 5.41) is 6.95. The molecule has 0 atom stereocenters. The van der Waals surface area contributed by atoms with E-state index < -0.39 is 0 Å². The second kappa shape index (κ2) is 10.3. The summed E-state index contributed by atoms with van der Waals surface area (Å²) in [6, 6.07) is 47.3. The normalized spacial score (nSPS) is 13.9. The smallest absolute Gasteiger partial charge is 0.333 e. The molecule has 12 rings (SSSR count). The fourth-order valence-electron chi connectivity index (χ4n) is 9.75. The number of anilines is 2. The summed E-state index contributed by atoms with van der Waals surface area (Å²) in [6.07, 6.45) is 0. The Labute approximate surface area is 319 Å². The van der Waals surface area contributed by atoms with Crippen molar-refractivity contribution in [1.82, 2.24) is 4.57 Å². The zero-order chi connectivity index (χ0) is 37.1. The van der Waals surface area contributed by atoms with Gasteiger partial charge in [-0.2, -0.15) is 0 Å². The minimum atomic E-state index is -0.0809. The molecule has 5 heteroatoms. The van der Waals surface area contributed by atoms with Crippen LogP contribution in [0.1, 0.15) is 52.7 Å². The van der Waals surface area contributed by atoms with Gasteiger partial charge in [-0.15, -0.1) is 0 Å². The maximum Gasteiger partial charge on any atom is 0.333 e. The molecule has 4 nitrogen and oxygen atoms in total. The first kappa shape index (κ1) is 31.2. The van der Waals surface area contributed by atoms with E-state index >= 15 is 0 Å². The molecule has 0 spiro atoms. The Hall–Kier alpha value is -6.20. The number of rotatable bonds is 1. The van der Waals surface area contributed by atoms with Crippen molar-refractivity contribution >= 4 is 94.8 Å². The van der Waals surface area contributed by atoms with Crippen LogP contribution in [0.2, 0.25) is 0 Å². The summed E-state index contributed by atoms with van der Waals surface area (Å²) in [7, 11) is 0. The third-order valence-electron chi connectivity index (χ3n) is 12.5. The topological polar surface area (TPSA) is 34.5 Å². The standard InChI is InChI=1S/C50H39BN2O2/c1-49(2,3)28-15-18-30(19-16-28)53-41-26-37-32-12-8-9-13-42(32)54-44(37)27-36(41)33-20-21-35-45-40(24-22-34-31-11-7-10-14-43(31)55-48(34)45)52-39-23-17-29(50(4,5)6)25-38(39)51(53)46(33)47(35)52/h7-27H,1-6H3. The molecule has 0 saturated heterocycles. The van der Waals surface area contributed by atoms with E-state index in [1.54, 1.807) is 0 Å². The van der Waals surface area contributed by atoms with Gasteiger partial charge in [-0.1, -0.05) is 114 Å². The molecule has 0 N–H and O–H groups in total. The van der Waals surface area contributed by atoms with E-state index in [4.69, 9.17) is 8.83 Å². The number of benzene rings is 7. The summed E-state index contributed by atoms with van der Waals surface area (Å²) < 4.78 is 15.9. The van der Waals surface area contributed by atoms with Gasteiger partial charge in [0.2, 0.25) is 0 Å². The fourth-order valence-corrected chi connectivity index (χ4v) is 9.75. The molecule has 7 aromatic carbocycles. The Morgan fingerprint density at radius 3 is 1.93 bits per heavy atom. The van der Waals surface area contributed by atoms with E-state index in [9.17, 15) is 0 Å². The van der Waals surface area contributed by atoms with Crippen LogP contribution >= 0.6 is 0 Å². The zero-order valence-electron chi connectivity index (χ0n) is 31.9. The Bertz CT molecular complexity index is 3290. The highest BCUT2D eigenvalue weighted by Crippen LogP contribution is 2.49. The van der Waals surface area contributed by atoms with Crippen molar-refractivity contribution in [2.24, 2.45) is 0 Å². The van der Waals surface area contributed by atoms with Gasteiger partial charge in [0.25, 0.3) is 0 Å². The first-order valence-electron chi connectivity index (χ1n) is 19.5. The summed E-state index contributed by atoms with van der Waals surface area (Å²) in [5.74, 6) is 0. The fraction of sp³-hybridized carbons (Fsp3) is 0.160. The summed E-state index contributed by atoms with van der Waals surface area (Å²) >= 11 is 0. The third kappa shape index (κ3) is 4.08. The SMILES string of the molecule is CC(C)(C)c1ccc(N2B3c4cc(C(C)(C)C)ccc4-n4c5ccc6c7ccccc7oc6c5c5ccc(c3c54)-c3cc4oc5ccccc5c4cc32)cc1. The minimum Gasteiger partial charge on any atom is -0.456 e. The molecule has 0 unspecified atom stereocenters. The Balaban J connectivity index is 1.26. The largest absolute Gasteiger partial charge is 0.456 e. The number of hydrogen-bond donors (Lipinski definition) is 0. The van der Waals surface area contributed by atoms with Gasteiger partial charge in [0.15, 0.2) is 0 Å². The van der Waals surface area contributed by atoms with Crippen LogP contribution in [-0.2, 0) is 10.8 Å².